The zero-order chi connectivity index (χ0) is 11.7. The van der Waals surface area contributed by atoms with Gasteiger partial charge in [-0.3, -0.25) is 4.79 Å². The van der Waals surface area contributed by atoms with Gasteiger partial charge in [-0.05, 0) is 35.9 Å². The molecule has 0 spiro atoms. The number of benzene rings is 1. The molecule has 1 aromatic carbocycles. The topological polar surface area (TPSA) is 43.1 Å². The van der Waals surface area contributed by atoms with Gasteiger partial charge in [0.25, 0.3) is 5.91 Å². The summed E-state index contributed by atoms with van der Waals surface area (Å²) in [7, 11) is 0. The van der Waals surface area contributed by atoms with Crippen LogP contribution >= 0.6 is 22.9 Å². The summed E-state index contributed by atoms with van der Waals surface area (Å²) in [5.74, 6) is -0.893. The summed E-state index contributed by atoms with van der Waals surface area (Å²) >= 11 is 6.95. The van der Waals surface area contributed by atoms with E-state index in [9.17, 15) is 9.18 Å². The molecule has 0 fully saturated rings. The first-order valence-electron chi connectivity index (χ1n) is 4.42. The van der Waals surface area contributed by atoms with Crippen LogP contribution in [0.25, 0.3) is 10.4 Å². The van der Waals surface area contributed by atoms with Crippen LogP contribution in [0.2, 0.25) is 5.02 Å². The van der Waals surface area contributed by atoms with Crippen molar-refractivity contribution < 1.29 is 9.18 Å². The van der Waals surface area contributed by atoms with E-state index in [1.54, 1.807) is 18.2 Å². The van der Waals surface area contributed by atoms with Crippen molar-refractivity contribution in [1.82, 2.24) is 0 Å². The van der Waals surface area contributed by atoms with Gasteiger partial charge in [-0.2, -0.15) is 0 Å². The van der Waals surface area contributed by atoms with Crippen molar-refractivity contribution in [2.45, 2.75) is 0 Å². The van der Waals surface area contributed by atoms with Crippen LogP contribution in [-0.4, -0.2) is 5.91 Å². The van der Waals surface area contributed by atoms with E-state index in [0.717, 1.165) is 4.88 Å². The summed E-state index contributed by atoms with van der Waals surface area (Å²) in [5.41, 5.74) is 5.78. The van der Waals surface area contributed by atoms with Gasteiger partial charge in [0.05, 0.1) is 4.88 Å². The number of thiophene rings is 1. The fraction of sp³-hybridized carbons (Fsp3) is 0. The summed E-state index contributed by atoms with van der Waals surface area (Å²) in [5, 5.41) is 0.323. The van der Waals surface area contributed by atoms with Gasteiger partial charge < -0.3 is 5.73 Å². The molecule has 1 aromatic heterocycles. The quantitative estimate of drug-likeness (QED) is 0.879. The normalized spacial score (nSPS) is 10.4. The predicted molar refractivity (Wildman–Crippen MR) is 63.2 cm³/mol. The van der Waals surface area contributed by atoms with Crippen molar-refractivity contribution in [3.8, 4) is 10.4 Å². The number of rotatable bonds is 2. The molecule has 0 aliphatic heterocycles. The van der Waals surface area contributed by atoms with Gasteiger partial charge >= 0.3 is 0 Å². The zero-order valence-corrected chi connectivity index (χ0v) is 9.61. The molecule has 2 rings (SSSR count). The van der Waals surface area contributed by atoms with Gasteiger partial charge in [0.15, 0.2) is 0 Å². The SMILES string of the molecule is NC(=O)c1ccc(-c2cc(F)cc(Cl)c2)s1. The van der Waals surface area contributed by atoms with Gasteiger partial charge in [-0.15, -0.1) is 11.3 Å². The van der Waals surface area contributed by atoms with Crippen LogP contribution in [0, 0.1) is 5.82 Å². The third-order valence-corrected chi connectivity index (χ3v) is 3.36. The molecule has 0 atom stereocenters. The minimum Gasteiger partial charge on any atom is -0.365 e. The van der Waals surface area contributed by atoms with E-state index in [0.29, 0.717) is 15.5 Å². The second kappa shape index (κ2) is 4.23. The van der Waals surface area contributed by atoms with Crippen LogP contribution in [0.5, 0.6) is 0 Å². The highest BCUT2D eigenvalue weighted by Crippen LogP contribution is 2.30. The molecule has 82 valence electrons. The Kier molecular flexibility index (Phi) is 2.94. The summed E-state index contributed by atoms with van der Waals surface area (Å²) in [6, 6.07) is 7.56. The van der Waals surface area contributed by atoms with Gasteiger partial charge in [0.1, 0.15) is 5.82 Å². The van der Waals surface area contributed by atoms with Gasteiger partial charge in [0, 0.05) is 9.90 Å². The van der Waals surface area contributed by atoms with Crippen molar-refractivity contribution in [3.05, 3.63) is 46.0 Å². The molecule has 0 radical (unpaired) electrons. The molecule has 2 nitrogen and oxygen atoms in total. The van der Waals surface area contributed by atoms with Crippen LogP contribution in [-0.2, 0) is 0 Å². The molecule has 2 N–H and O–H groups in total. The summed E-state index contributed by atoms with van der Waals surface area (Å²) in [6.07, 6.45) is 0. The van der Waals surface area contributed by atoms with Crippen molar-refractivity contribution in [2.75, 3.05) is 0 Å². The minimum absolute atomic E-state index is 0.323. The molecule has 1 amide bonds. The van der Waals surface area contributed by atoms with Crippen LogP contribution < -0.4 is 5.73 Å². The predicted octanol–water partition coefficient (Wildman–Crippen LogP) is 3.31. The number of carbonyl (C=O) groups is 1. The average Bonchev–Trinajstić information content (AvgIpc) is 2.64. The van der Waals surface area contributed by atoms with Crippen LogP contribution in [0.4, 0.5) is 4.39 Å². The fourth-order valence-electron chi connectivity index (χ4n) is 1.32. The highest BCUT2D eigenvalue weighted by atomic mass is 35.5. The van der Waals surface area contributed by atoms with Crippen molar-refractivity contribution in [1.29, 1.82) is 0 Å². The average molecular weight is 256 g/mol. The van der Waals surface area contributed by atoms with E-state index in [4.69, 9.17) is 17.3 Å². The van der Waals surface area contributed by atoms with E-state index < -0.39 is 11.7 Å². The number of primary amides is 1. The Bertz CT molecular complexity index is 532. The van der Waals surface area contributed by atoms with Gasteiger partial charge in [-0.25, -0.2) is 4.39 Å². The standard InChI is InChI=1S/C11H7ClFNOS/c12-7-3-6(4-8(13)5-7)9-1-2-10(16-9)11(14)15/h1-5H,(H2,14,15). The molecular weight excluding hydrogens is 249 g/mol. The number of nitrogens with two attached hydrogens (primary N) is 1. The molecule has 5 heteroatoms. The number of carbonyl (C=O) groups excluding carboxylic acids is 1. The maximum atomic E-state index is 13.1. The Morgan fingerprint density at radius 1 is 1.31 bits per heavy atom. The maximum absolute atomic E-state index is 13.1. The maximum Gasteiger partial charge on any atom is 0.258 e. The van der Waals surface area contributed by atoms with Crippen molar-refractivity contribution in [2.24, 2.45) is 5.73 Å². The molecule has 0 bridgehead atoms. The molecule has 0 saturated carbocycles. The van der Waals surface area contributed by atoms with Crippen LogP contribution in [0.15, 0.2) is 30.3 Å². The summed E-state index contributed by atoms with van der Waals surface area (Å²) in [4.78, 5) is 12.1. The first-order chi connectivity index (χ1) is 7.56. The monoisotopic (exact) mass is 255 g/mol. The largest absolute Gasteiger partial charge is 0.365 e. The zero-order valence-electron chi connectivity index (χ0n) is 8.04. The van der Waals surface area contributed by atoms with Gasteiger partial charge in [0.2, 0.25) is 0 Å². The third-order valence-electron chi connectivity index (χ3n) is 2.00. The van der Waals surface area contributed by atoms with Crippen molar-refractivity contribution >= 4 is 28.8 Å². The Hall–Kier alpha value is -1.39. The van der Waals surface area contributed by atoms with Crippen LogP contribution in [0.3, 0.4) is 0 Å². The first-order valence-corrected chi connectivity index (χ1v) is 5.62. The molecular formula is C11H7ClFNOS. The lowest BCUT2D eigenvalue weighted by atomic mass is 10.2. The van der Waals surface area contributed by atoms with Crippen molar-refractivity contribution in [3.63, 3.8) is 0 Å². The lowest BCUT2D eigenvalue weighted by molar-refractivity contribution is 0.100. The van der Waals surface area contributed by atoms with Crippen LogP contribution in [0.1, 0.15) is 9.67 Å². The Morgan fingerprint density at radius 2 is 2.06 bits per heavy atom. The lowest BCUT2D eigenvalue weighted by Crippen LogP contribution is -2.07. The molecule has 2 aromatic rings. The second-order valence-electron chi connectivity index (χ2n) is 3.19. The number of halogens is 2. The molecule has 16 heavy (non-hydrogen) atoms. The highest BCUT2D eigenvalue weighted by Gasteiger charge is 2.08. The minimum atomic E-state index is -0.487. The van der Waals surface area contributed by atoms with E-state index in [1.807, 2.05) is 0 Å². The van der Waals surface area contributed by atoms with Gasteiger partial charge in [-0.1, -0.05) is 11.6 Å². The van der Waals surface area contributed by atoms with E-state index >= 15 is 0 Å². The highest BCUT2D eigenvalue weighted by molar-refractivity contribution is 7.17. The number of hydrogen-bond donors (Lipinski definition) is 1. The summed E-state index contributed by atoms with van der Waals surface area (Å²) < 4.78 is 13.1. The second-order valence-corrected chi connectivity index (χ2v) is 4.71. The lowest BCUT2D eigenvalue weighted by Gasteiger charge is -1.98. The molecule has 0 saturated heterocycles. The smallest absolute Gasteiger partial charge is 0.258 e. The molecule has 0 aliphatic rings. The number of amides is 1. The Morgan fingerprint density at radius 3 is 2.62 bits per heavy atom. The molecule has 1 heterocycles. The van der Waals surface area contributed by atoms with E-state index in [2.05, 4.69) is 0 Å². The summed E-state index contributed by atoms with van der Waals surface area (Å²) in [6.45, 7) is 0. The fourth-order valence-corrected chi connectivity index (χ4v) is 2.39. The van der Waals surface area contributed by atoms with E-state index in [-0.39, 0.29) is 0 Å². The number of hydrogen-bond acceptors (Lipinski definition) is 2. The Labute approximate surface area is 100 Å². The molecule has 0 unspecified atom stereocenters. The van der Waals surface area contributed by atoms with E-state index in [1.165, 1.54) is 23.5 Å². The third kappa shape index (κ3) is 2.23. The molecule has 0 aliphatic carbocycles. The first kappa shape index (κ1) is 11.1. The Balaban J connectivity index is 2.46.